The molecule has 2 N–H and O–H groups in total. The van der Waals surface area contributed by atoms with Crippen LogP contribution in [0.25, 0.3) is 22.3 Å². The summed E-state index contributed by atoms with van der Waals surface area (Å²) in [5.74, 6) is 0.841. The van der Waals surface area contributed by atoms with Gasteiger partial charge in [0.05, 0.1) is 16.3 Å². The highest BCUT2D eigenvalue weighted by Crippen LogP contribution is 2.37. The highest BCUT2D eigenvalue weighted by Gasteiger charge is 2.32. The zero-order valence-corrected chi connectivity index (χ0v) is 28.3. The van der Waals surface area contributed by atoms with Gasteiger partial charge >= 0.3 is 0 Å². The molecule has 0 bridgehead atoms. The Hall–Kier alpha value is -4.51. The van der Waals surface area contributed by atoms with Crippen molar-refractivity contribution >= 4 is 34.5 Å². The number of nitrogens with zero attached hydrogens (tertiary/aromatic N) is 8. The van der Waals surface area contributed by atoms with Crippen molar-refractivity contribution in [1.29, 1.82) is 5.26 Å². The van der Waals surface area contributed by atoms with E-state index in [0.717, 1.165) is 32.6 Å². The van der Waals surface area contributed by atoms with Gasteiger partial charge in [0, 0.05) is 56.7 Å². The first-order valence-corrected chi connectivity index (χ1v) is 17.1. The van der Waals surface area contributed by atoms with Crippen molar-refractivity contribution in [1.82, 2.24) is 34.4 Å². The standard InChI is InChI=1S/C35H40FN9O2S/c1-35(2,44-17-15-42(3)16-18-44)48-19-13-24(21-37)34(46)43-14-7-8-25(22-43)45-33-30(32(38)39-23-40-33)31(41-45)28-12-11-27(20-29(28)36)47-26-9-5-4-6-10-26/h4-6,9-13,20,23,25H,7-8,14-19,22H2,1-3H3,(H2,38,39,40)/b24-13+/t25-/m1/s1. The number of para-hydroxylation sites is 1. The van der Waals surface area contributed by atoms with Crippen LogP contribution < -0.4 is 10.5 Å². The molecule has 0 unspecified atom stereocenters. The largest absolute Gasteiger partial charge is 0.457 e. The minimum absolute atomic E-state index is 0.116. The maximum atomic E-state index is 15.6. The summed E-state index contributed by atoms with van der Waals surface area (Å²) < 4.78 is 23.2. The van der Waals surface area contributed by atoms with Gasteiger partial charge in [-0.2, -0.15) is 10.4 Å². The van der Waals surface area contributed by atoms with Gasteiger partial charge < -0.3 is 20.3 Å². The number of hydrogen-bond acceptors (Lipinski definition) is 10. The molecule has 1 atom stereocenters. The first-order valence-electron chi connectivity index (χ1n) is 16.1. The van der Waals surface area contributed by atoms with E-state index in [9.17, 15) is 10.1 Å². The Kier molecular flexibility index (Phi) is 9.96. The van der Waals surface area contributed by atoms with E-state index < -0.39 is 5.82 Å². The highest BCUT2D eigenvalue weighted by atomic mass is 32.2. The average molecular weight is 670 g/mol. The van der Waals surface area contributed by atoms with Crippen molar-refractivity contribution in [3.8, 4) is 28.8 Å². The Morgan fingerprint density at radius 2 is 1.90 bits per heavy atom. The molecule has 4 heterocycles. The lowest BCUT2D eigenvalue weighted by Gasteiger charge is -2.42. The molecule has 0 radical (unpaired) electrons. The summed E-state index contributed by atoms with van der Waals surface area (Å²) in [4.78, 5) is 28.6. The van der Waals surface area contributed by atoms with Crippen LogP contribution in [0.1, 0.15) is 32.7 Å². The summed E-state index contributed by atoms with van der Waals surface area (Å²) in [5.41, 5.74) is 7.45. The predicted molar refractivity (Wildman–Crippen MR) is 186 cm³/mol. The number of rotatable bonds is 9. The van der Waals surface area contributed by atoms with Gasteiger partial charge in [-0.3, -0.25) is 9.69 Å². The Labute approximate surface area is 284 Å². The van der Waals surface area contributed by atoms with E-state index >= 15 is 4.39 Å². The number of thioether (sulfide) groups is 1. The molecule has 250 valence electrons. The fourth-order valence-electron chi connectivity index (χ4n) is 6.27. The molecule has 6 rings (SSSR count). The normalized spacial score (nSPS) is 18.2. The summed E-state index contributed by atoms with van der Waals surface area (Å²) in [5, 5.41) is 15.2. The van der Waals surface area contributed by atoms with Crippen molar-refractivity contribution in [3.63, 3.8) is 0 Å². The third-order valence-corrected chi connectivity index (χ3v) is 10.4. The molecule has 4 aromatic rings. The Morgan fingerprint density at radius 1 is 1.12 bits per heavy atom. The summed E-state index contributed by atoms with van der Waals surface area (Å²) >= 11 is 1.73. The molecule has 2 saturated heterocycles. The van der Waals surface area contributed by atoms with Gasteiger partial charge in [0.2, 0.25) is 0 Å². The van der Waals surface area contributed by atoms with Crippen molar-refractivity contribution < 1.29 is 13.9 Å². The molecule has 0 spiro atoms. The number of likely N-dealkylation sites (tertiary alicyclic amines) is 1. The average Bonchev–Trinajstić information content (AvgIpc) is 3.48. The van der Waals surface area contributed by atoms with Gasteiger partial charge in [0.1, 0.15) is 46.8 Å². The van der Waals surface area contributed by atoms with Crippen LogP contribution in [-0.4, -0.2) is 97.3 Å². The lowest BCUT2D eigenvalue weighted by molar-refractivity contribution is -0.128. The molecule has 2 fully saturated rings. The predicted octanol–water partition coefficient (Wildman–Crippen LogP) is 5.34. The molecule has 11 nitrogen and oxygen atoms in total. The second-order valence-corrected chi connectivity index (χ2v) is 14.3. The van der Waals surface area contributed by atoms with Crippen molar-refractivity contribution in [2.75, 3.05) is 57.8 Å². The SMILES string of the molecule is CN1CCN(C(C)(C)SC/C=C(\C#N)C(=O)N2CCC[C@@H](n3nc(-c4ccc(Oc5ccccc5)cc4F)c4c(N)ncnc43)C2)CC1. The number of hydrogen-bond donors (Lipinski definition) is 1. The number of carbonyl (C=O) groups excluding carboxylic acids is 1. The van der Waals surface area contributed by atoms with Gasteiger partial charge in [-0.15, -0.1) is 11.8 Å². The number of likely N-dealkylation sites (N-methyl/N-ethyl adjacent to an activating group) is 1. The second kappa shape index (κ2) is 14.3. The topological polar surface area (TPSA) is 129 Å². The fraction of sp³-hybridized carbons (Fsp3) is 0.400. The molecule has 0 saturated carbocycles. The third-order valence-electron chi connectivity index (χ3n) is 9.06. The van der Waals surface area contributed by atoms with Crippen LogP contribution in [0.2, 0.25) is 0 Å². The zero-order chi connectivity index (χ0) is 33.8. The minimum atomic E-state index is -0.531. The molecular weight excluding hydrogens is 630 g/mol. The Morgan fingerprint density at radius 3 is 2.62 bits per heavy atom. The number of nitrogens with two attached hydrogens (primary N) is 1. The number of fused-ring (bicyclic) bond motifs is 1. The number of anilines is 1. The van der Waals surface area contributed by atoms with Gasteiger partial charge in [0.15, 0.2) is 5.65 Å². The van der Waals surface area contributed by atoms with E-state index in [1.165, 1.54) is 12.4 Å². The molecule has 2 aromatic carbocycles. The van der Waals surface area contributed by atoms with Crippen LogP contribution in [0.5, 0.6) is 11.5 Å². The Bertz CT molecular complexity index is 1850. The first-order chi connectivity index (χ1) is 23.1. The smallest absolute Gasteiger partial charge is 0.264 e. The monoisotopic (exact) mass is 669 g/mol. The number of carbonyl (C=O) groups is 1. The summed E-state index contributed by atoms with van der Waals surface area (Å²) in [7, 11) is 2.13. The van der Waals surface area contributed by atoms with Crippen LogP contribution >= 0.6 is 11.8 Å². The van der Waals surface area contributed by atoms with Crippen LogP contribution in [0.15, 0.2) is 66.5 Å². The summed E-state index contributed by atoms with van der Waals surface area (Å²) in [6, 6.07) is 15.6. The number of nitriles is 1. The van der Waals surface area contributed by atoms with Crippen LogP contribution in [0.3, 0.4) is 0 Å². The summed E-state index contributed by atoms with van der Waals surface area (Å²) in [6.07, 6.45) is 4.53. The van der Waals surface area contributed by atoms with E-state index in [0.29, 0.717) is 53.5 Å². The van der Waals surface area contributed by atoms with E-state index in [2.05, 4.69) is 46.7 Å². The van der Waals surface area contributed by atoms with Gasteiger partial charge in [-0.1, -0.05) is 24.3 Å². The van der Waals surface area contributed by atoms with Crippen LogP contribution in [-0.2, 0) is 4.79 Å². The lowest BCUT2D eigenvalue weighted by Crippen LogP contribution is -2.52. The quantitative estimate of drug-likeness (QED) is 0.184. The van der Waals surface area contributed by atoms with Crippen molar-refractivity contribution in [2.45, 2.75) is 37.6 Å². The third kappa shape index (κ3) is 7.16. The number of ether oxygens (including phenoxy) is 1. The second-order valence-electron chi connectivity index (χ2n) is 12.6. The van der Waals surface area contributed by atoms with E-state index in [4.69, 9.17) is 15.6 Å². The van der Waals surface area contributed by atoms with Gasteiger partial charge in [-0.05, 0) is 58.0 Å². The Balaban J connectivity index is 1.20. The van der Waals surface area contributed by atoms with Gasteiger partial charge in [0.25, 0.3) is 5.91 Å². The molecule has 2 aromatic heterocycles. The molecule has 0 aliphatic carbocycles. The van der Waals surface area contributed by atoms with E-state index in [1.54, 1.807) is 51.7 Å². The van der Waals surface area contributed by atoms with Crippen molar-refractivity contribution in [3.05, 3.63) is 72.3 Å². The van der Waals surface area contributed by atoms with E-state index in [1.807, 2.05) is 18.2 Å². The number of nitrogen functional groups attached to an aromatic ring is 1. The number of amides is 1. The number of piperazine rings is 1. The zero-order valence-electron chi connectivity index (χ0n) is 27.5. The molecule has 13 heteroatoms. The maximum absolute atomic E-state index is 15.6. The van der Waals surface area contributed by atoms with Crippen molar-refractivity contribution in [2.24, 2.45) is 0 Å². The fourth-order valence-corrected chi connectivity index (χ4v) is 7.29. The highest BCUT2D eigenvalue weighted by molar-refractivity contribution is 8.00. The number of halogens is 1. The number of piperidine rings is 1. The molecule has 1 amide bonds. The maximum Gasteiger partial charge on any atom is 0.264 e. The lowest BCUT2D eigenvalue weighted by atomic mass is 10.0. The molecule has 2 aliphatic rings. The van der Waals surface area contributed by atoms with Crippen LogP contribution in [0, 0.1) is 17.1 Å². The van der Waals surface area contributed by atoms with E-state index in [-0.39, 0.29) is 33.8 Å². The van der Waals surface area contributed by atoms with Gasteiger partial charge in [-0.25, -0.2) is 19.0 Å². The minimum Gasteiger partial charge on any atom is -0.457 e. The number of aromatic nitrogens is 4. The number of benzene rings is 2. The molecule has 48 heavy (non-hydrogen) atoms. The molecular formula is C35H40FN9O2S. The first kappa shape index (κ1) is 33.4. The van der Waals surface area contributed by atoms with Crippen LogP contribution in [0.4, 0.5) is 10.2 Å². The summed E-state index contributed by atoms with van der Waals surface area (Å²) in [6.45, 7) is 9.25. The molecule has 2 aliphatic heterocycles.